The number of hydrogen-bond donors (Lipinski definition) is 1. The molecule has 0 bridgehead atoms. The molecule has 0 saturated heterocycles. The summed E-state index contributed by atoms with van der Waals surface area (Å²) in [5, 5.41) is 9.57. The predicted molar refractivity (Wildman–Crippen MR) is 135 cm³/mol. The fraction of sp³-hybridized carbons (Fsp3) is 0.964. The highest BCUT2D eigenvalue weighted by molar-refractivity contribution is 5.69. The largest absolute Gasteiger partial charge is 0.461 e. The number of carbonyl (C=O) groups excluding carboxylic acids is 1. The Morgan fingerprint density at radius 2 is 0.919 bits per heavy atom. The van der Waals surface area contributed by atoms with Gasteiger partial charge in [-0.2, -0.15) is 22.0 Å². The van der Waals surface area contributed by atoms with Crippen LogP contribution in [0.2, 0.25) is 0 Å². The molecule has 37 heavy (non-hydrogen) atoms. The lowest BCUT2D eigenvalue weighted by Crippen LogP contribution is -2.47. The Kier molecular flexibility index (Phi) is 20.3. The van der Waals surface area contributed by atoms with Gasteiger partial charge in [0.15, 0.2) is 0 Å². The molecule has 1 unspecified atom stereocenters. The Hall–Kier alpha value is -0.990. The molecule has 1 N–H and O–H groups in total. The van der Waals surface area contributed by atoms with Crippen LogP contribution in [0.1, 0.15) is 155 Å². The van der Waals surface area contributed by atoms with Crippen LogP contribution >= 0.6 is 0 Å². The first kappa shape index (κ1) is 36.0. The SMILES string of the molecule is CCCCCCCCCC(=O)OC(F)(F)C(O)(F)CCCCCCCCCCCCCCCC(F)(F)F. The third-order valence-electron chi connectivity index (χ3n) is 6.64. The molecule has 222 valence electrons. The molecule has 0 aliphatic heterocycles. The van der Waals surface area contributed by atoms with E-state index >= 15 is 0 Å². The lowest BCUT2D eigenvalue weighted by molar-refractivity contribution is -0.357. The highest BCUT2D eigenvalue weighted by Crippen LogP contribution is 2.36. The summed E-state index contributed by atoms with van der Waals surface area (Å²) in [7, 11) is 0. The molecule has 0 rings (SSSR count). The Bertz CT molecular complexity index is 553. The second kappa shape index (κ2) is 20.9. The van der Waals surface area contributed by atoms with E-state index in [1.165, 1.54) is 0 Å². The molecule has 9 heteroatoms. The van der Waals surface area contributed by atoms with Gasteiger partial charge in [0.05, 0.1) is 0 Å². The van der Waals surface area contributed by atoms with Gasteiger partial charge in [-0.05, 0) is 19.3 Å². The quantitative estimate of drug-likeness (QED) is 0.0701. The van der Waals surface area contributed by atoms with Crippen molar-refractivity contribution in [2.45, 2.75) is 173 Å². The van der Waals surface area contributed by atoms with E-state index in [0.717, 1.165) is 96.3 Å². The molecule has 0 aliphatic rings. The predicted octanol–water partition coefficient (Wildman–Crippen LogP) is 10.3. The zero-order valence-electron chi connectivity index (χ0n) is 22.8. The van der Waals surface area contributed by atoms with Gasteiger partial charge >= 0.3 is 24.1 Å². The van der Waals surface area contributed by atoms with E-state index in [1.807, 2.05) is 0 Å². The van der Waals surface area contributed by atoms with Crippen LogP contribution < -0.4 is 0 Å². The van der Waals surface area contributed by atoms with Gasteiger partial charge in [0.2, 0.25) is 0 Å². The molecule has 0 aromatic carbocycles. The normalized spacial score (nSPS) is 14.1. The number of hydrogen-bond acceptors (Lipinski definition) is 3. The monoisotopic (exact) mass is 548 g/mol. The minimum Gasteiger partial charge on any atom is -0.396 e. The van der Waals surface area contributed by atoms with Crippen LogP contribution in [0.4, 0.5) is 26.3 Å². The number of carbonyl (C=O) groups is 1. The summed E-state index contributed by atoms with van der Waals surface area (Å²) >= 11 is 0. The minimum absolute atomic E-state index is 0.0617. The van der Waals surface area contributed by atoms with Gasteiger partial charge in [0.25, 0.3) is 0 Å². The lowest BCUT2D eigenvalue weighted by atomic mass is 10.0. The van der Waals surface area contributed by atoms with E-state index in [-0.39, 0.29) is 19.3 Å². The summed E-state index contributed by atoms with van der Waals surface area (Å²) in [4.78, 5) is 11.7. The van der Waals surface area contributed by atoms with Gasteiger partial charge in [-0.3, -0.25) is 4.79 Å². The van der Waals surface area contributed by atoms with E-state index in [2.05, 4.69) is 11.7 Å². The molecule has 0 radical (unpaired) electrons. The maximum Gasteiger partial charge on any atom is 0.461 e. The Balaban J connectivity index is 3.72. The first-order chi connectivity index (χ1) is 17.4. The summed E-state index contributed by atoms with van der Waals surface area (Å²) in [5.41, 5.74) is 0. The first-order valence-corrected chi connectivity index (χ1v) is 14.5. The van der Waals surface area contributed by atoms with E-state index < -0.39 is 37.0 Å². The van der Waals surface area contributed by atoms with Crippen molar-refractivity contribution in [2.24, 2.45) is 0 Å². The second-order valence-electron chi connectivity index (χ2n) is 10.3. The summed E-state index contributed by atoms with van der Waals surface area (Å²) in [6.45, 7) is 2.11. The standard InChI is InChI=1S/C28H50F6O3/c1-2-3-4-5-13-16-19-22-25(35)37-28(33,34)26(29,36)23-20-17-14-11-9-7-6-8-10-12-15-18-21-24-27(30,31)32/h36H,2-24H2,1H3. The van der Waals surface area contributed by atoms with Crippen LogP contribution in [0, 0.1) is 0 Å². The molecule has 0 amide bonds. The van der Waals surface area contributed by atoms with Gasteiger partial charge in [-0.15, -0.1) is 0 Å². The fourth-order valence-corrected chi connectivity index (χ4v) is 4.27. The number of unbranched alkanes of at least 4 members (excludes halogenated alkanes) is 18. The van der Waals surface area contributed by atoms with Crippen LogP contribution in [0.5, 0.6) is 0 Å². The average molecular weight is 549 g/mol. The highest BCUT2D eigenvalue weighted by Gasteiger charge is 2.57. The molecule has 0 fully saturated rings. The zero-order chi connectivity index (χ0) is 28.0. The van der Waals surface area contributed by atoms with Gasteiger partial charge in [0, 0.05) is 19.3 Å². The zero-order valence-corrected chi connectivity index (χ0v) is 22.8. The van der Waals surface area contributed by atoms with Crippen molar-refractivity contribution >= 4 is 5.97 Å². The third kappa shape index (κ3) is 21.6. The molecule has 0 saturated carbocycles. The molecule has 1 atom stereocenters. The van der Waals surface area contributed by atoms with Crippen LogP contribution in [0.3, 0.4) is 0 Å². The van der Waals surface area contributed by atoms with Crippen molar-refractivity contribution in [3.63, 3.8) is 0 Å². The minimum atomic E-state index is -4.57. The number of alkyl halides is 6. The third-order valence-corrected chi connectivity index (χ3v) is 6.64. The van der Waals surface area contributed by atoms with Gasteiger partial charge < -0.3 is 9.84 Å². The van der Waals surface area contributed by atoms with Crippen molar-refractivity contribution < 1.29 is 41.0 Å². The molecule has 0 aliphatic carbocycles. The van der Waals surface area contributed by atoms with Crippen molar-refractivity contribution in [1.82, 2.24) is 0 Å². The number of aliphatic hydroxyl groups is 1. The summed E-state index contributed by atoms with van der Waals surface area (Å²) < 4.78 is 82.2. The smallest absolute Gasteiger partial charge is 0.396 e. The average Bonchev–Trinajstić information content (AvgIpc) is 2.79. The Morgan fingerprint density at radius 1 is 0.568 bits per heavy atom. The molecule has 0 aromatic heterocycles. The second-order valence-corrected chi connectivity index (χ2v) is 10.3. The Morgan fingerprint density at radius 3 is 1.32 bits per heavy atom. The van der Waals surface area contributed by atoms with Crippen LogP contribution in [-0.2, 0) is 9.53 Å². The molecule has 3 nitrogen and oxygen atoms in total. The number of halogens is 6. The van der Waals surface area contributed by atoms with Crippen molar-refractivity contribution in [1.29, 1.82) is 0 Å². The summed E-state index contributed by atoms with van der Waals surface area (Å²) in [6, 6.07) is 0. The van der Waals surface area contributed by atoms with Gasteiger partial charge in [-0.1, -0.05) is 116 Å². The summed E-state index contributed by atoms with van der Waals surface area (Å²) in [5.74, 6) is -5.08. The maximum atomic E-state index is 14.2. The molecule has 0 aromatic rings. The molecular formula is C28H50F6O3. The first-order valence-electron chi connectivity index (χ1n) is 14.5. The van der Waals surface area contributed by atoms with E-state index in [1.54, 1.807) is 0 Å². The lowest BCUT2D eigenvalue weighted by Gasteiger charge is -2.27. The van der Waals surface area contributed by atoms with E-state index in [0.29, 0.717) is 19.3 Å². The molecular weight excluding hydrogens is 498 g/mol. The van der Waals surface area contributed by atoms with Crippen molar-refractivity contribution in [3.05, 3.63) is 0 Å². The Labute approximate surface area is 220 Å². The molecule has 0 heterocycles. The topological polar surface area (TPSA) is 46.5 Å². The summed E-state index contributed by atoms with van der Waals surface area (Å²) in [6.07, 6.45) is 5.94. The van der Waals surface area contributed by atoms with Crippen molar-refractivity contribution in [3.8, 4) is 0 Å². The number of ether oxygens (including phenoxy) is 1. The van der Waals surface area contributed by atoms with Gasteiger partial charge in [0.1, 0.15) is 0 Å². The molecule has 0 spiro atoms. The fourth-order valence-electron chi connectivity index (χ4n) is 4.27. The van der Waals surface area contributed by atoms with Crippen LogP contribution in [0.25, 0.3) is 0 Å². The van der Waals surface area contributed by atoms with E-state index in [9.17, 15) is 36.2 Å². The number of esters is 1. The maximum absolute atomic E-state index is 14.2. The van der Waals surface area contributed by atoms with Crippen LogP contribution in [-0.4, -0.2) is 29.2 Å². The number of rotatable bonds is 25. The highest BCUT2D eigenvalue weighted by atomic mass is 19.4. The van der Waals surface area contributed by atoms with E-state index in [4.69, 9.17) is 0 Å². The van der Waals surface area contributed by atoms with Gasteiger partial charge in [-0.25, -0.2) is 4.39 Å². The van der Waals surface area contributed by atoms with Crippen molar-refractivity contribution in [2.75, 3.05) is 0 Å². The van der Waals surface area contributed by atoms with Crippen LogP contribution in [0.15, 0.2) is 0 Å².